The molecule has 0 bridgehead atoms. The van der Waals surface area contributed by atoms with E-state index in [1.807, 2.05) is 24.0 Å². The van der Waals surface area contributed by atoms with Crippen molar-refractivity contribution in [1.29, 1.82) is 0 Å². The number of halogens is 1. The number of anilines is 1. The number of hydrogen-bond donors (Lipinski definition) is 2. The molecular weight excluding hydrogens is 408 g/mol. The first-order valence-corrected chi connectivity index (χ1v) is 10.5. The molecule has 2 aliphatic rings. The first kappa shape index (κ1) is 22.2. The van der Waals surface area contributed by atoms with Crippen molar-refractivity contribution in [3.63, 3.8) is 0 Å². The summed E-state index contributed by atoms with van der Waals surface area (Å²) in [6.07, 6.45) is 0.256. The lowest BCUT2D eigenvalue weighted by Gasteiger charge is -2.42. The summed E-state index contributed by atoms with van der Waals surface area (Å²) in [6.45, 7) is 9.29. The monoisotopic (exact) mass is 436 g/mol. The summed E-state index contributed by atoms with van der Waals surface area (Å²) in [5.74, 6) is -0.161. The summed E-state index contributed by atoms with van der Waals surface area (Å²) >= 11 is 6.29. The lowest BCUT2D eigenvalue weighted by Crippen LogP contribution is -2.55. The average Bonchev–Trinajstić information content (AvgIpc) is 2.94. The maximum absolute atomic E-state index is 13.0. The quantitative estimate of drug-likeness (QED) is 0.691. The zero-order valence-electron chi connectivity index (χ0n) is 18.0. The summed E-state index contributed by atoms with van der Waals surface area (Å²) in [7, 11) is 1.60. The highest BCUT2D eigenvalue weighted by Crippen LogP contribution is 2.34. The number of nitrogens with one attached hydrogen (secondary N) is 2. The largest absolute Gasteiger partial charge is 0.495 e. The van der Waals surface area contributed by atoms with Gasteiger partial charge in [0.1, 0.15) is 11.3 Å². The molecule has 3 rings (SSSR count). The second-order valence-corrected chi connectivity index (χ2v) is 8.83. The zero-order valence-corrected chi connectivity index (χ0v) is 18.8. The number of urea groups is 1. The highest BCUT2D eigenvalue weighted by Gasteiger charge is 2.44. The normalized spacial score (nSPS) is 25.1. The van der Waals surface area contributed by atoms with Crippen LogP contribution >= 0.6 is 11.6 Å². The van der Waals surface area contributed by atoms with Gasteiger partial charge >= 0.3 is 6.03 Å². The molecule has 4 amide bonds. The first-order chi connectivity index (χ1) is 14.1. The molecule has 30 heavy (non-hydrogen) atoms. The number of benzene rings is 1. The number of imide groups is 1. The smallest absolute Gasteiger partial charge is 0.322 e. The van der Waals surface area contributed by atoms with Crippen LogP contribution in [0.4, 0.5) is 10.5 Å². The average molecular weight is 437 g/mol. The minimum Gasteiger partial charge on any atom is -0.495 e. The van der Waals surface area contributed by atoms with E-state index in [9.17, 15) is 14.4 Å². The van der Waals surface area contributed by atoms with Gasteiger partial charge in [-0.3, -0.25) is 14.9 Å². The van der Waals surface area contributed by atoms with E-state index in [1.165, 1.54) is 0 Å². The molecule has 2 N–H and O–H groups in total. The summed E-state index contributed by atoms with van der Waals surface area (Å²) in [4.78, 5) is 40.6. The standard InChI is InChI=1S/C21H29ClN4O4/c1-12-8-15(9-16(30-5)17(12)22)26-7-6-25(11-14(26)3)18(27)13(2)10-21(4)19(28)23-20(29)24-21/h8-9,13-14H,6-7,10-11H2,1-5H3,(H2,23,24,28,29)/t13-,14-,21?/m0/s1. The van der Waals surface area contributed by atoms with Crippen molar-refractivity contribution < 1.29 is 19.1 Å². The number of amides is 4. The van der Waals surface area contributed by atoms with Crippen molar-refractivity contribution in [2.24, 2.45) is 5.92 Å². The molecule has 2 saturated heterocycles. The van der Waals surface area contributed by atoms with E-state index in [4.69, 9.17) is 16.3 Å². The lowest BCUT2D eigenvalue weighted by molar-refractivity contribution is -0.137. The highest BCUT2D eigenvalue weighted by atomic mass is 35.5. The van der Waals surface area contributed by atoms with Gasteiger partial charge in [-0.1, -0.05) is 18.5 Å². The Balaban J connectivity index is 1.66. The third-order valence-corrected chi connectivity index (χ3v) is 6.43. The topological polar surface area (TPSA) is 91.0 Å². The number of carbonyl (C=O) groups excluding carboxylic acids is 3. The molecule has 1 aromatic carbocycles. The van der Waals surface area contributed by atoms with Gasteiger partial charge in [0, 0.05) is 43.3 Å². The SMILES string of the molecule is COc1cc(N2CCN(C(=O)[C@@H](C)CC3(C)NC(=O)NC3=O)C[C@@H]2C)cc(C)c1Cl. The van der Waals surface area contributed by atoms with Crippen LogP contribution in [0.25, 0.3) is 0 Å². The van der Waals surface area contributed by atoms with Crippen LogP contribution in [0.1, 0.15) is 32.8 Å². The van der Waals surface area contributed by atoms with Gasteiger partial charge in [0.05, 0.1) is 12.1 Å². The predicted molar refractivity (Wildman–Crippen MR) is 115 cm³/mol. The Morgan fingerprint density at radius 1 is 1.37 bits per heavy atom. The Kier molecular flexibility index (Phi) is 6.17. The van der Waals surface area contributed by atoms with Crippen molar-refractivity contribution in [1.82, 2.24) is 15.5 Å². The van der Waals surface area contributed by atoms with E-state index < -0.39 is 23.4 Å². The molecule has 0 saturated carbocycles. The summed E-state index contributed by atoms with van der Waals surface area (Å²) in [6, 6.07) is 3.54. The predicted octanol–water partition coefficient (Wildman–Crippen LogP) is 2.32. The van der Waals surface area contributed by atoms with E-state index in [2.05, 4.69) is 22.5 Å². The fraction of sp³-hybridized carbons (Fsp3) is 0.571. The molecule has 1 aromatic rings. The molecule has 2 fully saturated rings. The molecule has 2 aliphatic heterocycles. The number of rotatable bonds is 5. The third kappa shape index (κ3) is 4.19. The molecule has 9 heteroatoms. The van der Waals surface area contributed by atoms with E-state index in [0.717, 1.165) is 11.3 Å². The van der Waals surface area contributed by atoms with Gasteiger partial charge in [0.15, 0.2) is 0 Å². The van der Waals surface area contributed by atoms with Gasteiger partial charge in [0.2, 0.25) is 5.91 Å². The number of hydrogen-bond acceptors (Lipinski definition) is 5. The van der Waals surface area contributed by atoms with E-state index in [1.54, 1.807) is 21.0 Å². The van der Waals surface area contributed by atoms with Crippen LogP contribution in [0.3, 0.4) is 0 Å². The molecule has 8 nitrogen and oxygen atoms in total. The second kappa shape index (κ2) is 8.34. The van der Waals surface area contributed by atoms with Gasteiger partial charge in [-0.05, 0) is 38.8 Å². The number of piperazine rings is 1. The molecule has 164 valence electrons. The van der Waals surface area contributed by atoms with Crippen molar-refractivity contribution in [3.8, 4) is 5.75 Å². The van der Waals surface area contributed by atoms with Crippen LogP contribution < -0.4 is 20.3 Å². The highest BCUT2D eigenvalue weighted by molar-refractivity contribution is 6.32. The maximum Gasteiger partial charge on any atom is 0.322 e. The number of nitrogens with zero attached hydrogens (tertiary/aromatic N) is 2. The van der Waals surface area contributed by atoms with Gasteiger partial charge in [-0.15, -0.1) is 0 Å². The Hall–Kier alpha value is -2.48. The number of methoxy groups -OCH3 is 1. The summed E-state index contributed by atoms with van der Waals surface area (Å²) < 4.78 is 5.39. The van der Waals surface area contributed by atoms with Crippen LogP contribution in [-0.4, -0.2) is 61.1 Å². The minimum atomic E-state index is -1.06. The molecule has 2 heterocycles. The molecular formula is C21H29ClN4O4. The molecule has 0 radical (unpaired) electrons. The summed E-state index contributed by atoms with van der Waals surface area (Å²) in [5, 5.41) is 5.47. The number of ether oxygens (including phenoxy) is 1. The Morgan fingerprint density at radius 3 is 2.63 bits per heavy atom. The van der Waals surface area contributed by atoms with Crippen molar-refractivity contribution in [3.05, 3.63) is 22.7 Å². The first-order valence-electron chi connectivity index (χ1n) is 10.1. The van der Waals surface area contributed by atoms with Crippen molar-refractivity contribution >= 4 is 35.1 Å². The van der Waals surface area contributed by atoms with Crippen LogP contribution in [-0.2, 0) is 9.59 Å². The van der Waals surface area contributed by atoms with E-state index in [0.29, 0.717) is 30.4 Å². The van der Waals surface area contributed by atoms with Gasteiger partial charge in [-0.2, -0.15) is 0 Å². The van der Waals surface area contributed by atoms with Crippen LogP contribution in [0.2, 0.25) is 5.02 Å². The Morgan fingerprint density at radius 2 is 2.07 bits per heavy atom. The number of carbonyl (C=O) groups is 3. The lowest BCUT2D eigenvalue weighted by atomic mass is 9.89. The minimum absolute atomic E-state index is 0.0125. The Labute approximate surface area is 181 Å². The molecule has 1 unspecified atom stereocenters. The fourth-order valence-corrected chi connectivity index (χ4v) is 4.50. The van der Waals surface area contributed by atoms with Gasteiger partial charge in [-0.25, -0.2) is 4.79 Å². The Bertz CT molecular complexity index is 877. The maximum atomic E-state index is 13.0. The van der Waals surface area contributed by atoms with E-state index >= 15 is 0 Å². The molecule has 0 spiro atoms. The van der Waals surface area contributed by atoms with E-state index in [-0.39, 0.29) is 18.4 Å². The number of aryl methyl sites for hydroxylation is 1. The van der Waals surface area contributed by atoms with Crippen LogP contribution in [0.5, 0.6) is 5.75 Å². The third-order valence-electron chi connectivity index (χ3n) is 5.95. The second-order valence-electron chi connectivity index (χ2n) is 8.45. The zero-order chi connectivity index (χ0) is 22.2. The molecule has 3 atom stereocenters. The van der Waals surface area contributed by atoms with Crippen LogP contribution in [0.15, 0.2) is 12.1 Å². The van der Waals surface area contributed by atoms with Crippen molar-refractivity contribution in [2.45, 2.75) is 45.7 Å². The molecule has 0 aliphatic carbocycles. The summed E-state index contributed by atoms with van der Waals surface area (Å²) in [5.41, 5.74) is 0.895. The van der Waals surface area contributed by atoms with Crippen molar-refractivity contribution in [2.75, 3.05) is 31.6 Å². The van der Waals surface area contributed by atoms with Gasteiger partial charge < -0.3 is 19.9 Å². The molecule has 0 aromatic heterocycles. The van der Waals surface area contributed by atoms with Gasteiger partial charge in [0.25, 0.3) is 5.91 Å². The van der Waals surface area contributed by atoms with Crippen LogP contribution in [0, 0.1) is 12.8 Å². The fourth-order valence-electron chi connectivity index (χ4n) is 4.31.